The van der Waals surface area contributed by atoms with Crippen LogP contribution >= 0.6 is 0 Å². The summed E-state index contributed by atoms with van der Waals surface area (Å²) in [5.74, 6) is -1.20. The summed E-state index contributed by atoms with van der Waals surface area (Å²) in [6, 6.07) is 5.31. The molecule has 0 N–H and O–H groups in total. The summed E-state index contributed by atoms with van der Waals surface area (Å²) < 4.78 is 1.50. The van der Waals surface area contributed by atoms with Gasteiger partial charge in [-0.3, -0.25) is 4.40 Å². The van der Waals surface area contributed by atoms with Crippen molar-refractivity contribution in [3.63, 3.8) is 0 Å². The van der Waals surface area contributed by atoms with Crippen LogP contribution in [0.3, 0.4) is 0 Å². The van der Waals surface area contributed by atoms with E-state index in [-0.39, 0.29) is 5.69 Å². The van der Waals surface area contributed by atoms with Gasteiger partial charge in [0.05, 0.1) is 17.4 Å². The van der Waals surface area contributed by atoms with Gasteiger partial charge in [0.1, 0.15) is 5.65 Å². The van der Waals surface area contributed by atoms with Gasteiger partial charge in [-0.25, -0.2) is 4.98 Å². The van der Waals surface area contributed by atoms with E-state index < -0.39 is 5.97 Å². The fraction of sp³-hybridized carbons (Fsp3) is 0.111. The number of carboxylic acid groups (broad SMARTS) is 1. The Balaban J connectivity index is 2.86. The van der Waals surface area contributed by atoms with E-state index in [4.69, 9.17) is 0 Å². The van der Waals surface area contributed by atoms with Crippen LogP contribution in [0, 0.1) is 6.92 Å². The Morgan fingerprint density at radius 3 is 3.00 bits per heavy atom. The molecule has 0 aliphatic heterocycles. The molecule has 0 atom stereocenters. The molecule has 0 saturated carbocycles. The number of carboxylic acids is 1. The largest absolute Gasteiger partial charge is 0.543 e. The Labute approximate surface area is 74.5 Å². The predicted molar refractivity (Wildman–Crippen MR) is 44.3 cm³/mol. The van der Waals surface area contributed by atoms with Crippen molar-refractivity contribution < 1.29 is 9.90 Å². The second-order valence-corrected chi connectivity index (χ2v) is 2.76. The maximum Gasteiger partial charge on any atom is 0.137 e. The Bertz CT molecular complexity index is 473. The second kappa shape index (κ2) is 2.58. The number of pyridine rings is 1. The number of fused-ring (bicyclic) bond motifs is 1. The highest BCUT2D eigenvalue weighted by atomic mass is 16.4. The molecular weight excluding hydrogens is 168 g/mol. The highest BCUT2D eigenvalue weighted by Gasteiger charge is 2.07. The Hall–Kier alpha value is -1.84. The number of hydrogen-bond donors (Lipinski definition) is 0. The molecule has 2 rings (SSSR count). The minimum absolute atomic E-state index is 0.121. The highest BCUT2D eigenvalue weighted by molar-refractivity contribution is 5.86. The van der Waals surface area contributed by atoms with Crippen LogP contribution < -0.4 is 5.11 Å². The number of carbonyl (C=O) groups is 1. The molecule has 0 amide bonds. The first-order chi connectivity index (χ1) is 6.20. The maximum atomic E-state index is 10.7. The summed E-state index contributed by atoms with van der Waals surface area (Å²) in [4.78, 5) is 14.8. The summed E-state index contributed by atoms with van der Waals surface area (Å²) >= 11 is 0. The van der Waals surface area contributed by atoms with Gasteiger partial charge in [-0.2, -0.15) is 0 Å². The molecule has 2 heterocycles. The van der Waals surface area contributed by atoms with Crippen LogP contribution in [0.5, 0.6) is 0 Å². The van der Waals surface area contributed by atoms with Crippen molar-refractivity contribution in [1.29, 1.82) is 0 Å². The topological polar surface area (TPSA) is 57.4 Å². The van der Waals surface area contributed by atoms with Crippen molar-refractivity contribution >= 4 is 11.6 Å². The molecule has 2 aromatic rings. The first kappa shape index (κ1) is 7.79. The van der Waals surface area contributed by atoms with Crippen LogP contribution in [0.2, 0.25) is 0 Å². The summed E-state index contributed by atoms with van der Waals surface area (Å²) in [6.45, 7) is 1.65. The van der Waals surface area contributed by atoms with E-state index in [0.29, 0.717) is 11.3 Å². The van der Waals surface area contributed by atoms with Gasteiger partial charge >= 0.3 is 0 Å². The maximum absolute atomic E-state index is 10.7. The van der Waals surface area contributed by atoms with Gasteiger partial charge in [-0.1, -0.05) is 6.07 Å². The molecule has 4 nitrogen and oxygen atoms in total. The van der Waals surface area contributed by atoms with Gasteiger partial charge in [0.25, 0.3) is 0 Å². The van der Waals surface area contributed by atoms with Gasteiger partial charge in [-0.05, 0) is 19.1 Å². The molecule has 0 fully saturated rings. The Morgan fingerprint density at radius 2 is 2.31 bits per heavy atom. The van der Waals surface area contributed by atoms with Gasteiger partial charge in [0.2, 0.25) is 0 Å². The molecule has 0 saturated heterocycles. The van der Waals surface area contributed by atoms with E-state index >= 15 is 0 Å². The van der Waals surface area contributed by atoms with Gasteiger partial charge in [0, 0.05) is 6.20 Å². The normalized spacial score (nSPS) is 10.5. The lowest BCUT2D eigenvalue weighted by atomic mass is 10.3. The third-order valence-corrected chi connectivity index (χ3v) is 1.90. The first-order valence-corrected chi connectivity index (χ1v) is 3.85. The summed E-state index contributed by atoms with van der Waals surface area (Å²) in [5, 5.41) is 10.7. The van der Waals surface area contributed by atoms with E-state index in [2.05, 4.69) is 4.98 Å². The van der Waals surface area contributed by atoms with E-state index in [9.17, 15) is 9.90 Å². The third-order valence-electron chi connectivity index (χ3n) is 1.90. The van der Waals surface area contributed by atoms with Crippen molar-refractivity contribution in [2.45, 2.75) is 6.92 Å². The lowest BCUT2D eigenvalue weighted by Crippen LogP contribution is -2.24. The lowest BCUT2D eigenvalue weighted by Gasteiger charge is -2.01. The molecule has 0 bridgehead atoms. The van der Waals surface area contributed by atoms with Gasteiger partial charge in [-0.15, -0.1) is 0 Å². The molecule has 2 aromatic heterocycles. The number of aryl methyl sites for hydroxylation is 1. The van der Waals surface area contributed by atoms with E-state index in [1.54, 1.807) is 31.3 Å². The van der Waals surface area contributed by atoms with E-state index in [0.717, 1.165) is 0 Å². The number of hydrogen-bond acceptors (Lipinski definition) is 3. The zero-order chi connectivity index (χ0) is 9.42. The van der Waals surface area contributed by atoms with Gasteiger partial charge < -0.3 is 9.90 Å². The van der Waals surface area contributed by atoms with Crippen molar-refractivity contribution in [3.8, 4) is 0 Å². The van der Waals surface area contributed by atoms with E-state index in [1.807, 2.05) is 0 Å². The zero-order valence-corrected chi connectivity index (χ0v) is 7.02. The number of aromatic nitrogens is 2. The predicted octanol–water partition coefficient (Wildman–Crippen LogP) is 0.00622. The first-order valence-electron chi connectivity index (χ1n) is 3.85. The standard InChI is InChI=1S/C9H8N2O2/c1-6-8(9(12)13)11-5-3-2-4-7(11)10-6/h2-5H,1H3,(H,12,13)/p-1. The number of aromatic carboxylic acids is 1. The molecule has 0 spiro atoms. The van der Waals surface area contributed by atoms with Crippen LogP contribution in [0.4, 0.5) is 0 Å². The number of nitrogens with zero attached hydrogens (tertiary/aromatic N) is 2. The molecule has 0 aromatic carbocycles. The lowest BCUT2D eigenvalue weighted by molar-refractivity contribution is -0.255. The molecule has 0 radical (unpaired) electrons. The SMILES string of the molecule is Cc1nc2ccccn2c1C(=O)[O-]. The minimum Gasteiger partial charge on any atom is -0.543 e. The molecule has 66 valence electrons. The van der Waals surface area contributed by atoms with Crippen LogP contribution in [-0.2, 0) is 0 Å². The van der Waals surface area contributed by atoms with Crippen molar-refractivity contribution in [3.05, 3.63) is 35.8 Å². The molecular formula is C9H7N2O2-. The molecule has 0 aliphatic rings. The number of carbonyl (C=O) groups excluding carboxylic acids is 1. The van der Waals surface area contributed by atoms with Crippen molar-refractivity contribution in [2.75, 3.05) is 0 Å². The van der Waals surface area contributed by atoms with Gasteiger partial charge in [0.15, 0.2) is 0 Å². The second-order valence-electron chi connectivity index (χ2n) is 2.76. The van der Waals surface area contributed by atoms with Crippen LogP contribution in [0.25, 0.3) is 5.65 Å². The molecule has 13 heavy (non-hydrogen) atoms. The Morgan fingerprint density at radius 1 is 1.54 bits per heavy atom. The average Bonchev–Trinajstić information content (AvgIpc) is 2.39. The molecule has 0 unspecified atom stereocenters. The fourth-order valence-electron chi connectivity index (χ4n) is 1.36. The summed E-state index contributed by atoms with van der Waals surface area (Å²) in [7, 11) is 0. The minimum atomic E-state index is -1.20. The van der Waals surface area contributed by atoms with E-state index in [1.165, 1.54) is 4.40 Å². The highest BCUT2D eigenvalue weighted by Crippen LogP contribution is 2.10. The average molecular weight is 175 g/mol. The smallest absolute Gasteiger partial charge is 0.137 e. The summed E-state index contributed by atoms with van der Waals surface area (Å²) in [5.41, 5.74) is 1.22. The van der Waals surface area contributed by atoms with Crippen LogP contribution in [0.1, 0.15) is 16.2 Å². The quantitative estimate of drug-likeness (QED) is 0.613. The molecule has 0 aliphatic carbocycles. The van der Waals surface area contributed by atoms with Crippen LogP contribution in [-0.4, -0.2) is 15.4 Å². The zero-order valence-electron chi connectivity index (χ0n) is 7.02. The Kier molecular flexibility index (Phi) is 1.55. The number of rotatable bonds is 1. The monoisotopic (exact) mass is 175 g/mol. The van der Waals surface area contributed by atoms with Crippen LogP contribution in [0.15, 0.2) is 24.4 Å². The van der Waals surface area contributed by atoms with Crippen molar-refractivity contribution in [1.82, 2.24) is 9.38 Å². The summed E-state index contributed by atoms with van der Waals surface area (Å²) in [6.07, 6.45) is 1.65. The van der Waals surface area contributed by atoms with Crippen molar-refractivity contribution in [2.24, 2.45) is 0 Å². The fourth-order valence-corrected chi connectivity index (χ4v) is 1.36. The molecule has 4 heteroatoms. The number of imidazole rings is 1. The third kappa shape index (κ3) is 1.07.